The van der Waals surface area contributed by atoms with E-state index in [1.165, 1.54) is 6.92 Å². The van der Waals surface area contributed by atoms with E-state index < -0.39 is 41.0 Å². The Morgan fingerprint density at radius 3 is 2.14 bits per heavy atom. The summed E-state index contributed by atoms with van der Waals surface area (Å²) in [5.41, 5.74) is -4.83. The van der Waals surface area contributed by atoms with Crippen LogP contribution in [0, 0.1) is 0 Å². The molecule has 1 N–H and O–H groups in total. The van der Waals surface area contributed by atoms with Crippen molar-refractivity contribution in [3.8, 4) is 0 Å². The predicted octanol–water partition coefficient (Wildman–Crippen LogP) is -1.10. The number of rotatable bonds is 3. The molecular weight excluding hydrogens is 300 g/mol. The van der Waals surface area contributed by atoms with Gasteiger partial charge in [0.15, 0.2) is 5.79 Å². The van der Waals surface area contributed by atoms with Crippen LogP contribution in [0.1, 0.15) is 19.8 Å². The maximum absolute atomic E-state index is 12.4. The largest absolute Gasteiger partial charge is 0.467 e. The van der Waals surface area contributed by atoms with E-state index in [4.69, 9.17) is 9.47 Å². The maximum Gasteiger partial charge on any atom is 0.345 e. The molecule has 2 bridgehead atoms. The van der Waals surface area contributed by atoms with E-state index in [1.54, 1.807) is 0 Å². The molecule has 22 heavy (non-hydrogen) atoms. The lowest BCUT2D eigenvalue weighted by Crippen LogP contribution is -2.72. The van der Waals surface area contributed by atoms with Gasteiger partial charge in [-0.2, -0.15) is 0 Å². The molecule has 0 spiro atoms. The van der Waals surface area contributed by atoms with Gasteiger partial charge in [-0.05, 0) is 13.3 Å². The van der Waals surface area contributed by atoms with Gasteiger partial charge >= 0.3 is 17.9 Å². The number of aliphatic hydroxyl groups is 1. The summed E-state index contributed by atoms with van der Waals surface area (Å²) in [6.45, 7) is 1.49. The molecule has 2 fully saturated rings. The topological polar surface area (TPSA) is 118 Å². The third-order valence-corrected chi connectivity index (χ3v) is 4.10. The number of hydrogen-bond donors (Lipinski definition) is 1. The molecule has 0 unspecified atom stereocenters. The normalized spacial score (nSPS) is 40.0. The minimum Gasteiger partial charge on any atom is -0.467 e. The molecule has 124 valence electrons. The van der Waals surface area contributed by atoms with Crippen LogP contribution in [0.2, 0.25) is 0 Å². The summed E-state index contributed by atoms with van der Waals surface area (Å²) in [7, 11) is 3.16. The fraction of sp³-hybridized carbons (Fsp3) is 0.769. The molecule has 0 aromatic carbocycles. The van der Waals surface area contributed by atoms with Crippen molar-refractivity contribution in [3.05, 3.63) is 0 Å². The van der Waals surface area contributed by atoms with Crippen molar-refractivity contribution in [3.63, 3.8) is 0 Å². The Bertz CT molecular complexity index is 518. The first kappa shape index (κ1) is 16.7. The van der Waals surface area contributed by atoms with Crippen molar-refractivity contribution in [1.29, 1.82) is 0 Å². The summed E-state index contributed by atoms with van der Waals surface area (Å²) >= 11 is 0. The lowest BCUT2D eigenvalue weighted by molar-refractivity contribution is -0.265. The number of esters is 3. The fourth-order valence-corrected chi connectivity index (χ4v) is 2.97. The number of carbonyl (C=O) groups is 3. The Kier molecular flexibility index (Phi) is 3.92. The maximum atomic E-state index is 12.4. The minimum absolute atomic E-state index is 0.0604. The molecule has 2 heterocycles. The number of methoxy groups -OCH3 is 3. The first-order valence-electron chi connectivity index (χ1n) is 6.56. The van der Waals surface area contributed by atoms with Crippen molar-refractivity contribution < 1.29 is 43.2 Å². The lowest BCUT2D eigenvalue weighted by atomic mass is 9.73. The second-order valence-electron chi connectivity index (χ2n) is 5.34. The summed E-state index contributed by atoms with van der Waals surface area (Å²) in [4.78, 5) is 36.5. The summed E-state index contributed by atoms with van der Waals surface area (Å²) in [5, 5.41) is 10.8. The fourth-order valence-electron chi connectivity index (χ4n) is 2.97. The van der Waals surface area contributed by atoms with Gasteiger partial charge in [0, 0.05) is 6.42 Å². The third kappa shape index (κ3) is 1.93. The van der Waals surface area contributed by atoms with E-state index in [0.717, 1.165) is 21.3 Å². The van der Waals surface area contributed by atoms with Gasteiger partial charge in [-0.15, -0.1) is 0 Å². The Hall–Kier alpha value is -1.71. The zero-order valence-corrected chi connectivity index (χ0v) is 12.7. The van der Waals surface area contributed by atoms with Gasteiger partial charge in [-0.1, -0.05) is 0 Å². The monoisotopic (exact) mass is 318 g/mol. The molecule has 0 aliphatic carbocycles. The number of ether oxygens (including phenoxy) is 5. The van der Waals surface area contributed by atoms with Crippen LogP contribution in [0.4, 0.5) is 0 Å². The summed E-state index contributed by atoms with van der Waals surface area (Å²) in [5.74, 6) is -4.57. The molecule has 9 heteroatoms. The van der Waals surface area contributed by atoms with Gasteiger partial charge in [0.2, 0.25) is 17.3 Å². The molecule has 2 aliphatic heterocycles. The minimum atomic E-state index is -2.44. The molecule has 2 saturated heterocycles. The lowest BCUT2D eigenvalue weighted by Gasteiger charge is -2.44. The molecule has 0 aromatic heterocycles. The molecule has 0 amide bonds. The average Bonchev–Trinajstić information content (AvgIpc) is 2.80. The van der Waals surface area contributed by atoms with Crippen molar-refractivity contribution in [2.45, 2.75) is 42.9 Å². The average molecular weight is 318 g/mol. The van der Waals surface area contributed by atoms with E-state index in [-0.39, 0.29) is 12.8 Å². The summed E-state index contributed by atoms with van der Waals surface area (Å²) in [6, 6.07) is 0. The van der Waals surface area contributed by atoms with Crippen LogP contribution in [0.15, 0.2) is 0 Å². The zero-order valence-electron chi connectivity index (χ0n) is 12.7. The van der Waals surface area contributed by atoms with Crippen LogP contribution in [0.3, 0.4) is 0 Å². The molecule has 0 saturated carbocycles. The first-order chi connectivity index (χ1) is 10.2. The van der Waals surface area contributed by atoms with Gasteiger partial charge in [0.25, 0.3) is 0 Å². The highest BCUT2D eigenvalue weighted by Gasteiger charge is 2.78. The SMILES string of the molecule is COC(=O)[C@H]1O[C@@]2(C)CC[C@@](O)(C(=O)OC)[C@]1(C(=O)OC)O2. The second-order valence-corrected chi connectivity index (χ2v) is 5.34. The number of fused-ring (bicyclic) bond motifs is 2. The summed E-state index contributed by atoms with van der Waals surface area (Å²) < 4.78 is 24.9. The van der Waals surface area contributed by atoms with Crippen LogP contribution in [-0.4, -0.2) is 67.4 Å². The van der Waals surface area contributed by atoms with E-state index in [1.807, 2.05) is 0 Å². The summed E-state index contributed by atoms with van der Waals surface area (Å²) in [6.07, 6.45) is -1.81. The van der Waals surface area contributed by atoms with Gasteiger partial charge in [0.05, 0.1) is 21.3 Å². The Balaban J connectivity index is 2.65. The third-order valence-electron chi connectivity index (χ3n) is 4.10. The van der Waals surface area contributed by atoms with E-state index in [9.17, 15) is 19.5 Å². The molecule has 0 aromatic rings. The van der Waals surface area contributed by atoms with Gasteiger partial charge in [-0.25, -0.2) is 14.4 Å². The van der Waals surface area contributed by atoms with Crippen LogP contribution in [0.25, 0.3) is 0 Å². The quantitative estimate of drug-likeness (QED) is 0.511. The first-order valence-corrected chi connectivity index (χ1v) is 6.56. The zero-order chi connectivity index (χ0) is 16.8. The van der Waals surface area contributed by atoms with E-state index >= 15 is 0 Å². The Morgan fingerprint density at radius 2 is 1.64 bits per heavy atom. The Morgan fingerprint density at radius 1 is 1.05 bits per heavy atom. The van der Waals surface area contributed by atoms with Crippen molar-refractivity contribution in [2.75, 3.05) is 21.3 Å². The van der Waals surface area contributed by atoms with Gasteiger partial charge in [-0.3, -0.25) is 0 Å². The second kappa shape index (κ2) is 5.18. The molecule has 9 nitrogen and oxygen atoms in total. The molecule has 2 rings (SSSR count). The van der Waals surface area contributed by atoms with Crippen LogP contribution in [0.5, 0.6) is 0 Å². The van der Waals surface area contributed by atoms with Crippen LogP contribution >= 0.6 is 0 Å². The van der Waals surface area contributed by atoms with Crippen LogP contribution in [-0.2, 0) is 38.1 Å². The predicted molar refractivity (Wildman–Crippen MR) is 67.3 cm³/mol. The smallest absolute Gasteiger partial charge is 0.345 e. The Labute approximate surface area is 126 Å². The van der Waals surface area contributed by atoms with Crippen molar-refractivity contribution in [2.24, 2.45) is 0 Å². The van der Waals surface area contributed by atoms with Crippen molar-refractivity contribution in [1.82, 2.24) is 0 Å². The number of carbonyl (C=O) groups excluding carboxylic acids is 3. The molecular formula is C13H18O9. The van der Waals surface area contributed by atoms with Gasteiger partial charge < -0.3 is 28.8 Å². The molecule has 4 atom stereocenters. The van der Waals surface area contributed by atoms with Gasteiger partial charge in [0.1, 0.15) is 0 Å². The molecule has 2 aliphatic rings. The van der Waals surface area contributed by atoms with Crippen molar-refractivity contribution >= 4 is 17.9 Å². The van der Waals surface area contributed by atoms with E-state index in [0.29, 0.717) is 0 Å². The van der Waals surface area contributed by atoms with Crippen LogP contribution < -0.4 is 0 Å². The highest BCUT2D eigenvalue weighted by Crippen LogP contribution is 2.53. The number of hydrogen-bond acceptors (Lipinski definition) is 9. The highest BCUT2D eigenvalue weighted by atomic mass is 16.8. The van der Waals surface area contributed by atoms with E-state index in [2.05, 4.69) is 14.2 Å². The highest BCUT2D eigenvalue weighted by molar-refractivity contribution is 5.98. The standard InChI is InChI=1S/C13H18O9/c1-11-5-6-12(17,9(15)19-3)13(22-11,10(16)20-4)7(21-11)8(14)18-2/h7,17H,5-6H2,1-4H3/t7-,11-,12-,13+/m1/s1. The molecule has 0 radical (unpaired) electrons.